The molecule has 0 aromatic heterocycles. The average Bonchev–Trinajstić information content (AvgIpc) is 2.17. The minimum atomic E-state index is -1.13. The molecule has 0 spiro atoms. The molecule has 1 aromatic rings. The molecule has 5 nitrogen and oxygen atoms in total. The Bertz CT molecular complexity index is 351. The number of rotatable bonds is 2. The SMILES string of the molecule is CNC(=O)c1ccc(OC([NH-])=O)cc1.[Y+3]. The predicted octanol–water partition coefficient (Wildman–Crippen LogP) is 1.59. The third-order valence-corrected chi connectivity index (χ3v) is 1.55. The molecule has 0 unspecified atom stereocenters. The fourth-order valence-corrected chi connectivity index (χ4v) is 0.926. The Labute approximate surface area is 112 Å². The summed E-state index contributed by atoms with van der Waals surface area (Å²) < 4.78 is 4.48. The zero-order valence-corrected chi connectivity index (χ0v) is 10.9. The van der Waals surface area contributed by atoms with Crippen LogP contribution in [0.4, 0.5) is 4.79 Å². The molecule has 0 bridgehead atoms. The van der Waals surface area contributed by atoms with Crippen LogP contribution in [0.3, 0.4) is 0 Å². The molecular formula is C9H9N2O3Y+2. The third kappa shape index (κ3) is 4.40. The first kappa shape index (κ1) is 14.1. The van der Waals surface area contributed by atoms with Gasteiger partial charge in [0.15, 0.2) is 0 Å². The first-order chi connectivity index (χ1) is 6.63. The first-order valence-corrected chi connectivity index (χ1v) is 3.89. The third-order valence-electron chi connectivity index (χ3n) is 1.55. The summed E-state index contributed by atoms with van der Waals surface area (Å²) in [5.41, 5.74) is 7.02. The summed E-state index contributed by atoms with van der Waals surface area (Å²) in [4.78, 5) is 21.3. The van der Waals surface area contributed by atoms with Gasteiger partial charge in [-0.1, -0.05) is 0 Å². The molecule has 0 saturated carbocycles. The van der Waals surface area contributed by atoms with Crippen molar-refractivity contribution in [3.8, 4) is 5.75 Å². The van der Waals surface area contributed by atoms with Crippen LogP contribution in [0.5, 0.6) is 5.75 Å². The maximum absolute atomic E-state index is 11.1. The number of hydrogen-bond acceptors (Lipinski definition) is 3. The van der Waals surface area contributed by atoms with Gasteiger partial charge in [0.2, 0.25) is 6.09 Å². The van der Waals surface area contributed by atoms with Crippen LogP contribution < -0.4 is 10.1 Å². The Balaban J connectivity index is 0.00000196. The number of nitrogens with one attached hydrogen (secondary N) is 2. The van der Waals surface area contributed by atoms with Gasteiger partial charge in [-0.05, 0) is 24.3 Å². The fraction of sp³-hybridized carbons (Fsp3) is 0.111. The molecule has 0 fully saturated rings. The second-order valence-corrected chi connectivity index (χ2v) is 2.49. The number of hydrogen-bond donors (Lipinski definition) is 1. The van der Waals surface area contributed by atoms with E-state index in [9.17, 15) is 9.59 Å². The summed E-state index contributed by atoms with van der Waals surface area (Å²) in [5, 5.41) is 2.46. The minimum Gasteiger partial charge on any atom is -0.631 e. The Morgan fingerprint density at radius 2 is 1.80 bits per heavy atom. The van der Waals surface area contributed by atoms with Crippen molar-refractivity contribution in [3.05, 3.63) is 35.6 Å². The molecule has 0 aliphatic heterocycles. The van der Waals surface area contributed by atoms with Gasteiger partial charge in [-0.25, -0.2) is 0 Å². The van der Waals surface area contributed by atoms with E-state index in [-0.39, 0.29) is 44.4 Å². The number of carbonyl (C=O) groups is 2. The van der Waals surface area contributed by atoms with Gasteiger partial charge in [-0.15, -0.1) is 0 Å². The first-order valence-electron chi connectivity index (χ1n) is 3.89. The number of carbonyl (C=O) groups excluding carboxylic acids is 2. The smallest absolute Gasteiger partial charge is 0.631 e. The van der Waals surface area contributed by atoms with E-state index in [2.05, 4.69) is 10.1 Å². The van der Waals surface area contributed by atoms with E-state index < -0.39 is 6.09 Å². The maximum atomic E-state index is 11.1. The molecule has 0 atom stereocenters. The second kappa shape index (κ2) is 6.53. The topological polar surface area (TPSA) is 79.2 Å². The minimum absolute atomic E-state index is 0. The monoisotopic (exact) mass is 282 g/mol. The van der Waals surface area contributed by atoms with Crippen LogP contribution in [0.1, 0.15) is 10.4 Å². The molecule has 0 radical (unpaired) electrons. The van der Waals surface area contributed by atoms with E-state index >= 15 is 0 Å². The van der Waals surface area contributed by atoms with Crippen molar-refractivity contribution in [1.82, 2.24) is 5.32 Å². The largest absolute Gasteiger partial charge is 3.00 e. The van der Waals surface area contributed by atoms with Crippen LogP contribution in [0.25, 0.3) is 5.73 Å². The van der Waals surface area contributed by atoms with E-state index in [0.717, 1.165) is 0 Å². The van der Waals surface area contributed by atoms with E-state index in [1.54, 1.807) is 0 Å². The van der Waals surface area contributed by atoms with Gasteiger partial charge in [-0.2, -0.15) is 0 Å². The molecule has 6 heteroatoms. The Morgan fingerprint density at radius 1 is 1.27 bits per heavy atom. The number of ether oxygens (including phenoxy) is 1. The summed E-state index contributed by atoms with van der Waals surface area (Å²) in [7, 11) is 1.53. The molecule has 1 rings (SSSR count). The summed E-state index contributed by atoms with van der Waals surface area (Å²) in [6.07, 6.45) is -1.13. The van der Waals surface area contributed by atoms with E-state index in [4.69, 9.17) is 5.73 Å². The van der Waals surface area contributed by atoms with E-state index in [1.165, 1.54) is 31.3 Å². The quantitative estimate of drug-likeness (QED) is 0.894. The van der Waals surface area contributed by atoms with Gasteiger partial charge in [-0.3, -0.25) is 9.59 Å². The normalized spacial score (nSPS) is 8.60. The van der Waals surface area contributed by atoms with Crippen LogP contribution >= 0.6 is 0 Å². The molecular weight excluding hydrogens is 273 g/mol. The Kier molecular flexibility index (Phi) is 6.12. The maximum Gasteiger partial charge on any atom is 3.00 e. The molecule has 0 aliphatic rings. The van der Waals surface area contributed by atoms with Crippen LogP contribution in [0.15, 0.2) is 24.3 Å². The van der Waals surface area contributed by atoms with Crippen LogP contribution in [-0.4, -0.2) is 19.0 Å². The summed E-state index contributed by atoms with van der Waals surface area (Å²) in [5.74, 6) is 0.0337. The summed E-state index contributed by atoms with van der Waals surface area (Å²) in [6, 6.07) is 5.93. The number of amides is 2. The molecule has 0 aliphatic carbocycles. The summed E-state index contributed by atoms with van der Waals surface area (Å²) >= 11 is 0. The average molecular weight is 282 g/mol. The van der Waals surface area contributed by atoms with Crippen molar-refractivity contribution in [2.75, 3.05) is 7.05 Å². The molecule has 1 aromatic carbocycles. The van der Waals surface area contributed by atoms with Crippen molar-refractivity contribution in [3.63, 3.8) is 0 Å². The van der Waals surface area contributed by atoms with Crippen molar-refractivity contribution in [2.24, 2.45) is 0 Å². The van der Waals surface area contributed by atoms with Crippen LogP contribution in [0, 0.1) is 0 Å². The van der Waals surface area contributed by atoms with Crippen LogP contribution in [-0.2, 0) is 32.7 Å². The van der Waals surface area contributed by atoms with Gasteiger partial charge in [0, 0.05) is 12.6 Å². The standard InChI is InChI=1S/C9H10N2O3.Y/c1-11-8(12)6-2-4-7(5-3-6)14-9(10)13;/h2-5H,1H3,(H3,10,11,12,13);/q;+3/p-1. The molecule has 0 heterocycles. The van der Waals surface area contributed by atoms with Crippen molar-refractivity contribution in [2.45, 2.75) is 0 Å². The van der Waals surface area contributed by atoms with E-state index in [1.807, 2.05) is 0 Å². The Hall–Kier alpha value is -0.936. The molecule has 2 amide bonds. The summed E-state index contributed by atoms with van der Waals surface area (Å²) in [6.45, 7) is 0. The van der Waals surface area contributed by atoms with Crippen molar-refractivity contribution in [1.29, 1.82) is 0 Å². The molecule has 15 heavy (non-hydrogen) atoms. The van der Waals surface area contributed by atoms with Crippen molar-refractivity contribution >= 4 is 12.0 Å². The van der Waals surface area contributed by atoms with Gasteiger partial charge in [0.05, 0.1) is 0 Å². The molecule has 2 N–H and O–H groups in total. The van der Waals surface area contributed by atoms with Gasteiger partial charge < -0.3 is 15.8 Å². The zero-order chi connectivity index (χ0) is 10.6. The Morgan fingerprint density at radius 3 is 2.20 bits per heavy atom. The van der Waals surface area contributed by atoms with Crippen molar-refractivity contribution < 1.29 is 47.0 Å². The van der Waals surface area contributed by atoms with Gasteiger partial charge in [0.25, 0.3) is 5.91 Å². The van der Waals surface area contributed by atoms with Crippen LogP contribution in [0.2, 0.25) is 0 Å². The molecule has 74 valence electrons. The van der Waals surface area contributed by atoms with Gasteiger partial charge >= 0.3 is 32.7 Å². The zero-order valence-electron chi connectivity index (χ0n) is 8.11. The predicted molar refractivity (Wildman–Crippen MR) is 50.2 cm³/mol. The second-order valence-electron chi connectivity index (χ2n) is 2.49. The number of benzene rings is 1. The van der Waals surface area contributed by atoms with E-state index in [0.29, 0.717) is 5.56 Å². The van der Waals surface area contributed by atoms with Gasteiger partial charge in [0.1, 0.15) is 5.75 Å². The fourth-order valence-electron chi connectivity index (χ4n) is 0.926. The molecule has 0 saturated heterocycles.